The monoisotopic (exact) mass is 370 g/mol. The number of rotatable bonds is 2. The SMILES string of the molecule is Cc1cc(I)ccc1NC(=O)c1cccc(F)c1N. The van der Waals surface area contributed by atoms with Gasteiger partial charge in [-0.1, -0.05) is 6.07 Å². The molecule has 0 spiro atoms. The summed E-state index contributed by atoms with van der Waals surface area (Å²) in [6, 6.07) is 9.83. The first kappa shape index (κ1) is 13.8. The van der Waals surface area contributed by atoms with Crippen LogP contribution in [0.4, 0.5) is 15.8 Å². The molecule has 0 saturated carbocycles. The Balaban J connectivity index is 2.28. The lowest BCUT2D eigenvalue weighted by Gasteiger charge is -2.10. The highest BCUT2D eigenvalue weighted by Crippen LogP contribution is 2.21. The van der Waals surface area contributed by atoms with E-state index in [2.05, 4.69) is 27.9 Å². The lowest BCUT2D eigenvalue weighted by molar-refractivity contribution is 0.102. The first-order valence-electron chi connectivity index (χ1n) is 5.60. The Morgan fingerprint density at radius 1 is 1.32 bits per heavy atom. The number of amides is 1. The van der Waals surface area contributed by atoms with Gasteiger partial charge in [-0.25, -0.2) is 4.39 Å². The number of nitrogen functional groups attached to an aromatic ring is 1. The van der Waals surface area contributed by atoms with Crippen molar-refractivity contribution in [1.29, 1.82) is 0 Å². The quantitative estimate of drug-likeness (QED) is 0.627. The molecule has 0 atom stereocenters. The minimum atomic E-state index is -0.591. The lowest BCUT2D eigenvalue weighted by atomic mass is 10.1. The van der Waals surface area contributed by atoms with Crippen molar-refractivity contribution in [2.75, 3.05) is 11.1 Å². The fourth-order valence-electron chi connectivity index (χ4n) is 1.69. The van der Waals surface area contributed by atoms with E-state index in [-0.39, 0.29) is 11.3 Å². The summed E-state index contributed by atoms with van der Waals surface area (Å²) in [5.74, 6) is -1.01. The first-order chi connectivity index (χ1) is 8.99. The molecule has 2 aromatic carbocycles. The topological polar surface area (TPSA) is 55.1 Å². The molecule has 5 heteroatoms. The van der Waals surface area contributed by atoms with Gasteiger partial charge in [0.1, 0.15) is 5.82 Å². The van der Waals surface area contributed by atoms with Gasteiger partial charge >= 0.3 is 0 Å². The van der Waals surface area contributed by atoms with E-state index < -0.39 is 11.7 Å². The number of para-hydroxylation sites is 1. The number of nitrogens with two attached hydrogens (primary N) is 1. The summed E-state index contributed by atoms with van der Waals surface area (Å²) < 4.78 is 14.4. The zero-order valence-corrected chi connectivity index (χ0v) is 12.4. The molecule has 0 radical (unpaired) electrons. The molecule has 0 bridgehead atoms. The van der Waals surface area contributed by atoms with Crippen LogP contribution in [0.5, 0.6) is 0 Å². The fourth-order valence-corrected chi connectivity index (χ4v) is 2.34. The Labute approximate surface area is 124 Å². The molecule has 0 aliphatic heterocycles. The number of carbonyl (C=O) groups excluding carboxylic acids is 1. The molecular weight excluding hydrogens is 358 g/mol. The van der Waals surface area contributed by atoms with Crippen molar-refractivity contribution in [3.05, 3.63) is 56.9 Å². The van der Waals surface area contributed by atoms with Crippen LogP contribution >= 0.6 is 22.6 Å². The van der Waals surface area contributed by atoms with E-state index in [0.717, 1.165) is 9.13 Å². The average Bonchev–Trinajstić information content (AvgIpc) is 2.36. The molecule has 2 aromatic rings. The van der Waals surface area contributed by atoms with Gasteiger partial charge in [0.05, 0.1) is 11.3 Å². The van der Waals surface area contributed by atoms with Crippen molar-refractivity contribution >= 4 is 39.9 Å². The van der Waals surface area contributed by atoms with E-state index in [1.165, 1.54) is 18.2 Å². The van der Waals surface area contributed by atoms with E-state index in [9.17, 15) is 9.18 Å². The summed E-state index contributed by atoms with van der Waals surface area (Å²) in [6.07, 6.45) is 0. The first-order valence-corrected chi connectivity index (χ1v) is 6.68. The molecule has 0 aromatic heterocycles. The third-order valence-electron chi connectivity index (χ3n) is 2.73. The molecule has 0 aliphatic carbocycles. The Bertz CT molecular complexity index is 643. The van der Waals surface area contributed by atoms with Crippen LogP contribution in [0.25, 0.3) is 0 Å². The van der Waals surface area contributed by atoms with Crippen LogP contribution in [0.3, 0.4) is 0 Å². The molecule has 0 heterocycles. The molecular formula is C14H12FIN2O. The minimum absolute atomic E-state index is 0.136. The predicted octanol–water partition coefficient (Wildman–Crippen LogP) is 3.57. The van der Waals surface area contributed by atoms with Gasteiger partial charge in [-0.2, -0.15) is 0 Å². The van der Waals surface area contributed by atoms with Gasteiger partial charge in [0, 0.05) is 9.26 Å². The van der Waals surface area contributed by atoms with E-state index in [4.69, 9.17) is 5.73 Å². The van der Waals surface area contributed by atoms with E-state index >= 15 is 0 Å². The predicted molar refractivity (Wildman–Crippen MR) is 82.7 cm³/mol. The summed E-state index contributed by atoms with van der Waals surface area (Å²) >= 11 is 2.19. The number of hydrogen-bond donors (Lipinski definition) is 2. The van der Waals surface area contributed by atoms with Crippen molar-refractivity contribution in [2.45, 2.75) is 6.92 Å². The fraction of sp³-hybridized carbons (Fsp3) is 0.0714. The number of nitrogens with one attached hydrogen (secondary N) is 1. The highest BCUT2D eigenvalue weighted by Gasteiger charge is 2.13. The standard InChI is InChI=1S/C14H12FIN2O/c1-8-7-9(16)5-6-12(8)18-14(19)10-3-2-4-11(15)13(10)17/h2-7H,17H2,1H3,(H,18,19). The smallest absolute Gasteiger partial charge is 0.257 e. The van der Waals surface area contributed by atoms with Crippen LogP contribution < -0.4 is 11.1 Å². The molecule has 0 unspecified atom stereocenters. The third kappa shape index (κ3) is 3.04. The van der Waals surface area contributed by atoms with Gasteiger partial charge in [-0.3, -0.25) is 4.79 Å². The van der Waals surface area contributed by atoms with Gasteiger partial charge < -0.3 is 11.1 Å². The van der Waals surface area contributed by atoms with E-state index in [1.807, 2.05) is 25.1 Å². The maximum atomic E-state index is 13.3. The van der Waals surface area contributed by atoms with Gasteiger partial charge in [-0.15, -0.1) is 0 Å². The largest absolute Gasteiger partial charge is 0.396 e. The Morgan fingerprint density at radius 2 is 2.05 bits per heavy atom. The summed E-state index contributed by atoms with van der Waals surface area (Å²) in [7, 11) is 0. The number of halogens is 2. The molecule has 0 aliphatic rings. The number of carbonyl (C=O) groups is 1. The molecule has 19 heavy (non-hydrogen) atoms. The van der Waals surface area contributed by atoms with Crippen molar-refractivity contribution < 1.29 is 9.18 Å². The summed E-state index contributed by atoms with van der Waals surface area (Å²) in [5, 5.41) is 2.73. The minimum Gasteiger partial charge on any atom is -0.396 e. The maximum absolute atomic E-state index is 13.3. The second kappa shape index (κ2) is 5.56. The van der Waals surface area contributed by atoms with Crippen LogP contribution in [-0.2, 0) is 0 Å². The number of anilines is 2. The number of benzene rings is 2. The Morgan fingerprint density at radius 3 is 2.74 bits per heavy atom. The summed E-state index contributed by atoms with van der Waals surface area (Å²) in [6.45, 7) is 1.90. The summed E-state index contributed by atoms with van der Waals surface area (Å²) in [5.41, 5.74) is 7.19. The van der Waals surface area contributed by atoms with Crippen LogP contribution in [0.1, 0.15) is 15.9 Å². The second-order valence-electron chi connectivity index (χ2n) is 4.11. The zero-order chi connectivity index (χ0) is 14.0. The van der Waals surface area contributed by atoms with Crippen LogP contribution in [0.2, 0.25) is 0 Å². The zero-order valence-electron chi connectivity index (χ0n) is 10.2. The normalized spacial score (nSPS) is 10.3. The van der Waals surface area contributed by atoms with Crippen molar-refractivity contribution in [3.63, 3.8) is 0 Å². The highest BCUT2D eigenvalue weighted by molar-refractivity contribution is 14.1. The molecule has 1 amide bonds. The number of aryl methyl sites for hydroxylation is 1. The lowest BCUT2D eigenvalue weighted by Crippen LogP contribution is -2.15. The highest BCUT2D eigenvalue weighted by atomic mass is 127. The molecule has 98 valence electrons. The summed E-state index contributed by atoms with van der Waals surface area (Å²) in [4.78, 5) is 12.1. The number of hydrogen-bond acceptors (Lipinski definition) is 2. The molecule has 2 rings (SSSR count). The third-order valence-corrected chi connectivity index (χ3v) is 3.41. The van der Waals surface area contributed by atoms with Crippen LogP contribution in [0.15, 0.2) is 36.4 Å². The van der Waals surface area contributed by atoms with Gasteiger partial charge in [0.2, 0.25) is 0 Å². The van der Waals surface area contributed by atoms with Gasteiger partial charge in [0.25, 0.3) is 5.91 Å². The Kier molecular flexibility index (Phi) is 4.04. The maximum Gasteiger partial charge on any atom is 0.257 e. The van der Waals surface area contributed by atoms with Gasteiger partial charge in [0.15, 0.2) is 0 Å². The van der Waals surface area contributed by atoms with Crippen molar-refractivity contribution in [1.82, 2.24) is 0 Å². The molecule has 0 fully saturated rings. The van der Waals surface area contributed by atoms with E-state index in [1.54, 1.807) is 0 Å². The van der Waals surface area contributed by atoms with Crippen LogP contribution in [0, 0.1) is 16.3 Å². The average molecular weight is 370 g/mol. The van der Waals surface area contributed by atoms with Crippen molar-refractivity contribution in [3.8, 4) is 0 Å². The second-order valence-corrected chi connectivity index (χ2v) is 5.36. The molecule has 3 nitrogen and oxygen atoms in total. The van der Waals surface area contributed by atoms with Gasteiger partial charge in [-0.05, 0) is 65.4 Å². The Hall–Kier alpha value is -1.63. The molecule has 3 N–H and O–H groups in total. The van der Waals surface area contributed by atoms with Crippen LogP contribution in [-0.4, -0.2) is 5.91 Å². The molecule has 0 saturated heterocycles. The van der Waals surface area contributed by atoms with E-state index in [0.29, 0.717) is 5.69 Å². The van der Waals surface area contributed by atoms with Crippen molar-refractivity contribution in [2.24, 2.45) is 0 Å².